The van der Waals surface area contributed by atoms with Crippen LogP contribution in [0.2, 0.25) is 10.0 Å². The molecule has 10 heteroatoms. The summed E-state index contributed by atoms with van der Waals surface area (Å²) in [6.07, 6.45) is 0.454. The summed E-state index contributed by atoms with van der Waals surface area (Å²) in [5, 5.41) is 8.60. The van der Waals surface area contributed by atoms with Gasteiger partial charge in [0.25, 0.3) is 5.91 Å². The van der Waals surface area contributed by atoms with Gasteiger partial charge in [-0.1, -0.05) is 59.6 Å². The molecule has 2 aromatic carbocycles. The predicted octanol–water partition coefficient (Wildman–Crippen LogP) is 5.33. The molecule has 0 radical (unpaired) electrons. The average molecular weight is 515 g/mol. The molecule has 0 aliphatic carbocycles. The van der Waals surface area contributed by atoms with Gasteiger partial charge in [0.05, 0.1) is 55.6 Å². The Morgan fingerprint density at radius 2 is 1.88 bits per heavy atom. The van der Waals surface area contributed by atoms with Gasteiger partial charge in [0.1, 0.15) is 0 Å². The average Bonchev–Trinajstić information content (AvgIpc) is 3.35. The molecule has 1 saturated heterocycles. The molecule has 7 nitrogen and oxygen atoms in total. The molecular weight excluding hydrogens is 495 g/mol. The molecule has 1 amide bonds. The second-order valence-corrected chi connectivity index (χ2v) is 11.3. The number of anilines is 1. The van der Waals surface area contributed by atoms with E-state index in [1.54, 1.807) is 35.9 Å². The summed E-state index contributed by atoms with van der Waals surface area (Å²) in [5.41, 5.74) is 3.22. The van der Waals surface area contributed by atoms with Gasteiger partial charge in [-0.05, 0) is 31.5 Å². The Hall–Kier alpha value is -2.94. The van der Waals surface area contributed by atoms with Gasteiger partial charge in [-0.2, -0.15) is 5.10 Å². The van der Waals surface area contributed by atoms with Crippen LogP contribution in [0.5, 0.6) is 0 Å². The van der Waals surface area contributed by atoms with Crippen molar-refractivity contribution in [2.75, 3.05) is 16.8 Å². The largest absolute Gasteiger partial charge is 0.321 e. The third-order valence-electron chi connectivity index (χ3n) is 5.91. The van der Waals surface area contributed by atoms with Crippen molar-refractivity contribution in [2.24, 2.45) is 0 Å². The zero-order chi connectivity index (χ0) is 24.0. The number of hydrogen-bond donors (Lipinski definition) is 1. The van der Waals surface area contributed by atoms with E-state index in [9.17, 15) is 13.2 Å². The fraction of sp³-hybridized carbons (Fsp3) is 0.208. The molecule has 174 valence electrons. The van der Waals surface area contributed by atoms with E-state index in [2.05, 4.69) is 10.4 Å². The van der Waals surface area contributed by atoms with Crippen molar-refractivity contribution in [2.45, 2.75) is 19.4 Å². The molecule has 4 aromatic rings. The number of pyridine rings is 1. The van der Waals surface area contributed by atoms with Crippen LogP contribution in [0.25, 0.3) is 22.3 Å². The Morgan fingerprint density at radius 1 is 1.12 bits per heavy atom. The summed E-state index contributed by atoms with van der Waals surface area (Å²) in [7, 11) is -3.14. The number of hydrogen-bond acceptors (Lipinski definition) is 5. The van der Waals surface area contributed by atoms with Crippen molar-refractivity contribution in [3.05, 3.63) is 75.9 Å². The molecular formula is C24H20Cl2N4O3S. The summed E-state index contributed by atoms with van der Waals surface area (Å²) >= 11 is 12.4. The summed E-state index contributed by atoms with van der Waals surface area (Å²) < 4.78 is 25.9. The van der Waals surface area contributed by atoms with E-state index < -0.39 is 15.7 Å². The Balaban J connectivity index is 1.68. The number of halogens is 2. The standard InChI is InChI=1S/C24H20Cl2N4O3S/c1-14-21-17(24(31)28-19-9-5-8-18(25)22(19)26)12-20(15-6-3-2-4-7-15)27-23(21)30(29-14)16-10-11-34(32,33)13-16/h2-9,12,16H,10-11,13H2,1H3,(H,28,31). The van der Waals surface area contributed by atoms with Gasteiger partial charge in [0, 0.05) is 5.56 Å². The van der Waals surface area contributed by atoms with Crippen LogP contribution in [0, 0.1) is 6.92 Å². The Labute approximate surface area is 206 Å². The molecule has 0 saturated carbocycles. The maximum atomic E-state index is 13.5. The van der Waals surface area contributed by atoms with Gasteiger partial charge < -0.3 is 5.32 Å². The van der Waals surface area contributed by atoms with Crippen molar-refractivity contribution in [1.29, 1.82) is 0 Å². The molecule has 1 fully saturated rings. The predicted molar refractivity (Wildman–Crippen MR) is 134 cm³/mol. The SMILES string of the molecule is Cc1nn(C2CCS(=O)(=O)C2)c2nc(-c3ccccc3)cc(C(=O)Nc3cccc(Cl)c3Cl)c12. The summed E-state index contributed by atoms with van der Waals surface area (Å²) in [4.78, 5) is 18.3. The number of sulfone groups is 1. The maximum Gasteiger partial charge on any atom is 0.256 e. The van der Waals surface area contributed by atoms with Crippen LogP contribution in [0.1, 0.15) is 28.5 Å². The van der Waals surface area contributed by atoms with Crippen LogP contribution < -0.4 is 5.32 Å². The first-order valence-corrected chi connectivity index (χ1v) is 13.2. The van der Waals surface area contributed by atoms with Crippen LogP contribution in [0.15, 0.2) is 54.6 Å². The molecule has 1 N–H and O–H groups in total. The Kier molecular flexibility index (Phi) is 5.83. The van der Waals surface area contributed by atoms with E-state index in [0.717, 1.165) is 5.56 Å². The lowest BCUT2D eigenvalue weighted by Crippen LogP contribution is -2.15. The number of nitrogens with one attached hydrogen (secondary N) is 1. The van der Waals surface area contributed by atoms with Crippen molar-refractivity contribution in [1.82, 2.24) is 14.8 Å². The van der Waals surface area contributed by atoms with Gasteiger partial charge in [-0.25, -0.2) is 18.1 Å². The number of carbonyl (C=O) groups excluding carboxylic acids is 1. The van der Waals surface area contributed by atoms with Crippen LogP contribution in [0.4, 0.5) is 5.69 Å². The van der Waals surface area contributed by atoms with Gasteiger partial charge >= 0.3 is 0 Å². The molecule has 1 atom stereocenters. The number of amides is 1. The van der Waals surface area contributed by atoms with E-state index in [0.29, 0.717) is 45.1 Å². The third-order valence-corrected chi connectivity index (χ3v) is 8.47. The topological polar surface area (TPSA) is 93.9 Å². The lowest BCUT2D eigenvalue weighted by atomic mass is 10.0. The van der Waals surface area contributed by atoms with Crippen LogP contribution in [-0.2, 0) is 9.84 Å². The molecule has 1 unspecified atom stereocenters. The fourth-order valence-electron chi connectivity index (χ4n) is 4.26. The normalized spacial score (nSPS) is 17.2. The smallest absolute Gasteiger partial charge is 0.256 e. The van der Waals surface area contributed by atoms with Gasteiger partial charge in [0.2, 0.25) is 0 Å². The van der Waals surface area contributed by atoms with E-state index in [-0.39, 0.29) is 22.6 Å². The quantitative estimate of drug-likeness (QED) is 0.397. The first-order chi connectivity index (χ1) is 16.2. The lowest BCUT2D eigenvalue weighted by molar-refractivity contribution is 0.102. The summed E-state index contributed by atoms with van der Waals surface area (Å²) in [6.45, 7) is 1.79. The second kappa shape index (κ2) is 8.69. The van der Waals surface area contributed by atoms with Crippen molar-refractivity contribution in [3.8, 4) is 11.3 Å². The van der Waals surface area contributed by atoms with Crippen LogP contribution >= 0.6 is 23.2 Å². The number of aromatic nitrogens is 3. The minimum Gasteiger partial charge on any atom is -0.321 e. The van der Waals surface area contributed by atoms with Crippen molar-refractivity contribution >= 4 is 55.7 Å². The monoisotopic (exact) mass is 514 g/mol. The highest BCUT2D eigenvalue weighted by molar-refractivity contribution is 7.91. The number of aryl methyl sites for hydroxylation is 1. The number of fused-ring (bicyclic) bond motifs is 1. The van der Waals surface area contributed by atoms with Crippen molar-refractivity contribution < 1.29 is 13.2 Å². The first kappa shape index (κ1) is 22.8. The molecule has 0 bridgehead atoms. The minimum absolute atomic E-state index is 0.000116. The van der Waals surface area contributed by atoms with Crippen molar-refractivity contribution in [3.63, 3.8) is 0 Å². The number of rotatable bonds is 4. The highest BCUT2D eigenvalue weighted by Gasteiger charge is 2.32. The van der Waals surface area contributed by atoms with Gasteiger partial charge in [0.15, 0.2) is 15.5 Å². The van der Waals surface area contributed by atoms with Crippen LogP contribution in [0.3, 0.4) is 0 Å². The highest BCUT2D eigenvalue weighted by Crippen LogP contribution is 2.34. The molecule has 1 aliphatic rings. The third kappa shape index (κ3) is 4.17. The van der Waals surface area contributed by atoms with Crippen LogP contribution in [-0.4, -0.2) is 40.6 Å². The fourth-order valence-corrected chi connectivity index (χ4v) is 6.30. The molecule has 3 heterocycles. The Morgan fingerprint density at radius 3 is 2.59 bits per heavy atom. The Bertz CT molecular complexity index is 1540. The van der Waals surface area contributed by atoms with E-state index in [4.69, 9.17) is 28.2 Å². The summed E-state index contributed by atoms with van der Waals surface area (Å²) in [6, 6.07) is 15.9. The molecule has 5 rings (SSSR count). The lowest BCUT2D eigenvalue weighted by Gasteiger charge is -2.13. The molecule has 2 aromatic heterocycles. The number of benzene rings is 2. The summed E-state index contributed by atoms with van der Waals surface area (Å²) in [5.74, 6) is -0.285. The molecule has 34 heavy (non-hydrogen) atoms. The van der Waals surface area contributed by atoms with Gasteiger partial charge in [-0.3, -0.25) is 4.79 Å². The van der Waals surface area contributed by atoms with E-state index >= 15 is 0 Å². The molecule has 1 aliphatic heterocycles. The number of carbonyl (C=O) groups is 1. The van der Waals surface area contributed by atoms with E-state index in [1.807, 2.05) is 30.3 Å². The zero-order valence-corrected chi connectivity index (χ0v) is 20.5. The molecule has 0 spiro atoms. The van der Waals surface area contributed by atoms with E-state index in [1.165, 1.54) is 0 Å². The minimum atomic E-state index is -3.14. The van der Waals surface area contributed by atoms with Gasteiger partial charge in [-0.15, -0.1) is 0 Å². The zero-order valence-electron chi connectivity index (χ0n) is 18.1. The maximum absolute atomic E-state index is 13.5. The highest BCUT2D eigenvalue weighted by atomic mass is 35.5. The number of nitrogens with zero attached hydrogens (tertiary/aromatic N) is 3. The second-order valence-electron chi connectivity index (χ2n) is 8.26. The first-order valence-electron chi connectivity index (χ1n) is 10.6.